The lowest BCUT2D eigenvalue weighted by Gasteiger charge is -2.03. The van der Waals surface area contributed by atoms with Gasteiger partial charge >= 0.3 is 0 Å². The molecule has 1 aromatic carbocycles. The van der Waals surface area contributed by atoms with Crippen LogP contribution in [0.15, 0.2) is 24.3 Å². The van der Waals surface area contributed by atoms with E-state index in [2.05, 4.69) is 31.2 Å². The quantitative estimate of drug-likeness (QED) is 0.686. The first-order valence-electron chi connectivity index (χ1n) is 5.64. The zero-order valence-electron chi connectivity index (χ0n) is 9.13. The van der Waals surface area contributed by atoms with Gasteiger partial charge in [0, 0.05) is 6.54 Å². The monoisotopic (exact) mass is 191 g/mol. The summed E-state index contributed by atoms with van der Waals surface area (Å²) in [5.41, 5.74) is 8.28. The molecule has 1 nitrogen and oxygen atoms in total. The van der Waals surface area contributed by atoms with E-state index in [1.54, 1.807) is 0 Å². The van der Waals surface area contributed by atoms with Gasteiger partial charge in [0.05, 0.1) is 0 Å². The van der Waals surface area contributed by atoms with Gasteiger partial charge in [-0.3, -0.25) is 0 Å². The van der Waals surface area contributed by atoms with E-state index in [1.165, 1.54) is 43.2 Å². The smallest absolute Gasteiger partial charge is 0.0178 e. The highest BCUT2D eigenvalue weighted by atomic mass is 14.5. The molecule has 0 fully saturated rings. The maximum absolute atomic E-state index is 5.60. The third-order valence-corrected chi connectivity index (χ3v) is 2.55. The Kier molecular flexibility index (Phi) is 5.31. The molecule has 0 atom stereocenters. The highest BCUT2D eigenvalue weighted by Gasteiger charge is 1.94. The Bertz CT molecular complexity index is 255. The molecule has 14 heavy (non-hydrogen) atoms. The van der Waals surface area contributed by atoms with Crippen LogP contribution in [-0.4, -0.2) is 0 Å². The first-order chi connectivity index (χ1) is 6.86. The fourth-order valence-corrected chi connectivity index (χ4v) is 1.67. The van der Waals surface area contributed by atoms with Crippen molar-refractivity contribution in [2.24, 2.45) is 5.73 Å². The van der Waals surface area contributed by atoms with E-state index in [-0.39, 0.29) is 0 Å². The summed E-state index contributed by atoms with van der Waals surface area (Å²) in [5, 5.41) is 0. The number of hydrogen-bond donors (Lipinski definition) is 1. The van der Waals surface area contributed by atoms with Gasteiger partial charge in [0.15, 0.2) is 0 Å². The van der Waals surface area contributed by atoms with E-state index >= 15 is 0 Å². The Morgan fingerprint density at radius 3 is 2.57 bits per heavy atom. The van der Waals surface area contributed by atoms with Gasteiger partial charge in [-0.2, -0.15) is 0 Å². The third kappa shape index (κ3) is 3.93. The van der Waals surface area contributed by atoms with Crippen LogP contribution < -0.4 is 5.73 Å². The second-order valence-electron chi connectivity index (χ2n) is 3.83. The average Bonchev–Trinajstić information content (AvgIpc) is 2.25. The summed E-state index contributed by atoms with van der Waals surface area (Å²) in [6, 6.07) is 8.63. The predicted molar refractivity (Wildman–Crippen MR) is 62.2 cm³/mol. The Morgan fingerprint density at radius 2 is 1.86 bits per heavy atom. The van der Waals surface area contributed by atoms with Crippen molar-refractivity contribution < 1.29 is 0 Å². The van der Waals surface area contributed by atoms with Crippen molar-refractivity contribution in [2.75, 3.05) is 0 Å². The largest absolute Gasteiger partial charge is 0.326 e. The van der Waals surface area contributed by atoms with Crippen molar-refractivity contribution in [2.45, 2.75) is 45.6 Å². The number of aryl methyl sites for hydroxylation is 1. The number of benzene rings is 1. The van der Waals surface area contributed by atoms with Gasteiger partial charge in [0.1, 0.15) is 0 Å². The van der Waals surface area contributed by atoms with Crippen LogP contribution in [0.4, 0.5) is 0 Å². The van der Waals surface area contributed by atoms with Crippen LogP contribution in [0.1, 0.15) is 43.7 Å². The van der Waals surface area contributed by atoms with Crippen molar-refractivity contribution in [3.05, 3.63) is 35.4 Å². The van der Waals surface area contributed by atoms with Crippen molar-refractivity contribution in [1.82, 2.24) is 0 Å². The van der Waals surface area contributed by atoms with Gasteiger partial charge in [-0.15, -0.1) is 0 Å². The summed E-state index contributed by atoms with van der Waals surface area (Å²) in [6.45, 7) is 2.90. The lowest BCUT2D eigenvalue weighted by atomic mass is 10.0. The molecule has 0 radical (unpaired) electrons. The first-order valence-corrected chi connectivity index (χ1v) is 5.64. The van der Waals surface area contributed by atoms with E-state index in [0.717, 1.165) is 0 Å². The maximum Gasteiger partial charge on any atom is 0.0178 e. The minimum absolute atomic E-state index is 0.656. The molecule has 0 unspecified atom stereocenters. The molecule has 0 amide bonds. The molecule has 1 rings (SSSR count). The molecular formula is C13H21N. The zero-order valence-corrected chi connectivity index (χ0v) is 9.13. The highest BCUT2D eigenvalue weighted by Crippen LogP contribution is 2.09. The molecule has 0 aromatic heterocycles. The summed E-state index contributed by atoms with van der Waals surface area (Å²) in [7, 11) is 0. The first kappa shape index (κ1) is 11.3. The van der Waals surface area contributed by atoms with Gasteiger partial charge in [-0.25, -0.2) is 0 Å². The van der Waals surface area contributed by atoms with E-state index in [9.17, 15) is 0 Å². The fraction of sp³-hybridized carbons (Fsp3) is 0.538. The Morgan fingerprint density at radius 1 is 1.07 bits per heavy atom. The van der Waals surface area contributed by atoms with E-state index in [4.69, 9.17) is 5.73 Å². The molecule has 2 N–H and O–H groups in total. The van der Waals surface area contributed by atoms with Crippen molar-refractivity contribution in [3.63, 3.8) is 0 Å². The molecule has 0 saturated heterocycles. The van der Waals surface area contributed by atoms with Gasteiger partial charge in [0.2, 0.25) is 0 Å². The van der Waals surface area contributed by atoms with Crippen molar-refractivity contribution in [1.29, 1.82) is 0 Å². The highest BCUT2D eigenvalue weighted by molar-refractivity contribution is 5.23. The van der Waals surface area contributed by atoms with E-state index in [1.807, 2.05) is 0 Å². The van der Waals surface area contributed by atoms with Crippen LogP contribution in [0.2, 0.25) is 0 Å². The summed E-state index contributed by atoms with van der Waals surface area (Å²) >= 11 is 0. The molecule has 0 spiro atoms. The number of hydrogen-bond acceptors (Lipinski definition) is 1. The molecule has 0 heterocycles. The van der Waals surface area contributed by atoms with Gasteiger partial charge in [-0.05, 0) is 24.0 Å². The lowest BCUT2D eigenvalue weighted by Crippen LogP contribution is -1.97. The molecule has 0 aliphatic heterocycles. The second-order valence-corrected chi connectivity index (χ2v) is 3.83. The molecule has 1 heteroatoms. The minimum Gasteiger partial charge on any atom is -0.326 e. The lowest BCUT2D eigenvalue weighted by molar-refractivity contribution is 0.666. The number of nitrogens with two attached hydrogens (primary N) is 1. The summed E-state index contributed by atoms with van der Waals surface area (Å²) in [6.07, 6.45) is 6.53. The predicted octanol–water partition coefficient (Wildman–Crippen LogP) is 3.27. The number of unbranched alkanes of at least 4 members (excludes halogenated alkanes) is 3. The third-order valence-electron chi connectivity index (χ3n) is 2.55. The topological polar surface area (TPSA) is 26.0 Å². The van der Waals surface area contributed by atoms with Crippen LogP contribution >= 0.6 is 0 Å². The number of rotatable bonds is 6. The van der Waals surface area contributed by atoms with E-state index < -0.39 is 0 Å². The second kappa shape index (κ2) is 6.61. The van der Waals surface area contributed by atoms with Crippen LogP contribution in [0, 0.1) is 0 Å². The Labute approximate surface area is 87.3 Å². The standard InChI is InChI=1S/C13H21N/c1-2-3-4-5-7-12-8-6-9-13(10-12)11-14/h6,8-10H,2-5,7,11,14H2,1H3. The van der Waals surface area contributed by atoms with Gasteiger partial charge in [-0.1, -0.05) is 50.5 Å². The normalized spacial score (nSPS) is 10.4. The van der Waals surface area contributed by atoms with Gasteiger partial charge in [0.25, 0.3) is 0 Å². The molecular weight excluding hydrogens is 170 g/mol. The Hall–Kier alpha value is -0.820. The molecule has 0 saturated carbocycles. The molecule has 78 valence electrons. The maximum atomic E-state index is 5.60. The van der Waals surface area contributed by atoms with Crippen LogP contribution in [-0.2, 0) is 13.0 Å². The fourth-order valence-electron chi connectivity index (χ4n) is 1.67. The molecule has 0 bridgehead atoms. The van der Waals surface area contributed by atoms with Crippen molar-refractivity contribution in [3.8, 4) is 0 Å². The molecule has 0 aliphatic rings. The summed E-state index contributed by atoms with van der Waals surface area (Å²) in [5.74, 6) is 0. The summed E-state index contributed by atoms with van der Waals surface area (Å²) in [4.78, 5) is 0. The van der Waals surface area contributed by atoms with Crippen LogP contribution in [0.25, 0.3) is 0 Å². The average molecular weight is 191 g/mol. The molecule has 0 aliphatic carbocycles. The molecule has 1 aromatic rings. The van der Waals surface area contributed by atoms with Crippen molar-refractivity contribution >= 4 is 0 Å². The SMILES string of the molecule is CCCCCCc1cccc(CN)c1. The van der Waals surface area contributed by atoms with Crippen LogP contribution in [0.3, 0.4) is 0 Å². The minimum atomic E-state index is 0.656. The Balaban J connectivity index is 2.34. The van der Waals surface area contributed by atoms with E-state index in [0.29, 0.717) is 6.54 Å². The zero-order chi connectivity index (χ0) is 10.2. The van der Waals surface area contributed by atoms with Crippen LogP contribution in [0.5, 0.6) is 0 Å². The van der Waals surface area contributed by atoms with Gasteiger partial charge < -0.3 is 5.73 Å². The summed E-state index contributed by atoms with van der Waals surface area (Å²) < 4.78 is 0.